The highest BCUT2D eigenvalue weighted by Gasteiger charge is 2.38. The molecule has 0 aromatic heterocycles. The number of methoxy groups -OCH3 is 1. The van der Waals surface area contributed by atoms with Crippen LogP contribution >= 0.6 is 0 Å². The quantitative estimate of drug-likeness (QED) is 0.756. The van der Waals surface area contributed by atoms with Gasteiger partial charge in [0.15, 0.2) is 9.84 Å². The molecule has 1 N–H and O–H groups in total. The Hall–Kier alpha value is -0.660. The SMILES string of the molecule is CCCCN(C(=O)C1CC(OC)CN1)C1CCS(=O)(=O)C1. The number of carbonyl (C=O) groups is 1. The Balaban J connectivity index is 2.03. The maximum absolute atomic E-state index is 12.7. The van der Waals surface area contributed by atoms with Crippen molar-refractivity contribution >= 4 is 15.7 Å². The fourth-order valence-electron chi connectivity index (χ4n) is 3.09. The van der Waals surface area contributed by atoms with Crippen molar-refractivity contribution in [1.82, 2.24) is 10.2 Å². The molecule has 3 atom stereocenters. The maximum atomic E-state index is 12.7. The molecule has 2 saturated heterocycles. The van der Waals surface area contributed by atoms with Gasteiger partial charge in [-0.2, -0.15) is 0 Å². The zero-order chi connectivity index (χ0) is 15.5. The van der Waals surface area contributed by atoms with Gasteiger partial charge in [0, 0.05) is 26.2 Å². The van der Waals surface area contributed by atoms with Gasteiger partial charge in [-0.1, -0.05) is 13.3 Å². The Morgan fingerprint density at radius 1 is 1.43 bits per heavy atom. The fourth-order valence-corrected chi connectivity index (χ4v) is 4.82. The molecule has 122 valence electrons. The lowest BCUT2D eigenvalue weighted by Gasteiger charge is -2.30. The van der Waals surface area contributed by atoms with Crippen LogP contribution < -0.4 is 5.32 Å². The molecule has 0 aromatic rings. The first-order valence-electron chi connectivity index (χ1n) is 7.74. The molecule has 6 nitrogen and oxygen atoms in total. The minimum atomic E-state index is -2.98. The zero-order valence-electron chi connectivity index (χ0n) is 12.9. The van der Waals surface area contributed by atoms with Gasteiger partial charge in [-0.25, -0.2) is 8.42 Å². The molecule has 0 aromatic carbocycles. The summed E-state index contributed by atoms with van der Waals surface area (Å²) < 4.78 is 28.7. The second-order valence-corrected chi connectivity index (χ2v) is 8.23. The lowest BCUT2D eigenvalue weighted by atomic mass is 10.1. The van der Waals surface area contributed by atoms with E-state index in [9.17, 15) is 13.2 Å². The number of hydrogen-bond donors (Lipinski definition) is 1. The van der Waals surface area contributed by atoms with Crippen molar-refractivity contribution in [3.63, 3.8) is 0 Å². The van der Waals surface area contributed by atoms with Gasteiger partial charge in [0.1, 0.15) is 0 Å². The minimum absolute atomic E-state index is 0.0325. The van der Waals surface area contributed by atoms with Crippen LogP contribution in [0.1, 0.15) is 32.6 Å². The van der Waals surface area contributed by atoms with E-state index in [1.54, 1.807) is 12.0 Å². The van der Waals surface area contributed by atoms with E-state index < -0.39 is 9.84 Å². The number of nitrogens with one attached hydrogen (secondary N) is 1. The summed E-state index contributed by atoms with van der Waals surface area (Å²) in [6, 6.07) is -0.396. The molecule has 1 amide bonds. The molecule has 0 spiro atoms. The van der Waals surface area contributed by atoms with Crippen molar-refractivity contribution in [2.45, 2.75) is 50.8 Å². The average molecular weight is 318 g/mol. The number of nitrogens with zero attached hydrogens (tertiary/aromatic N) is 1. The van der Waals surface area contributed by atoms with E-state index in [4.69, 9.17) is 4.74 Å². The Kier molecular flexibility index (Phi) is 5.62. The van der Waals surface area contributed by atoms with Gasteiger partial charge in [0.25, 0.3) is 0 Å². The molecule has 21 heavy (non-hydrogen) atoms. The highest BCUT2D eigenvalue weighted by Crippen LogP contribution is 2.21. The second kappa shape index (κ2) is 7.07. The third-order valence-corrected chi connectivity index (χ3v) is 6.16. The fraction of sp³-hybridized carbons (Fsp3) is 0.929. The zero-order valence-corrected chi connectivity index (χ0v) is 13.7. The molecule has 0 saturated carbocycles. The van der Waals surface area contributed by atoms with Crippen LogP contribution in [0.2, 0.25) is 0 Å². The lowest BCUT2D eigenvalue weighted by Crippen LogP contribution is -2.49. The summed E-state index contributed by atoms with van der Waals surface area (Å²) in [5.41, 5.74) is 0. The lowest BCUT2D eigenvalue weighted by molar-refractivity contribution is -0.135. The van der Waals surface area contributed by atoms with Crippen LogP contribution in [0.3, 0.4) is 0 Å². The average Bonchev–Trinajstić information content (AvgIpc) is 3.05. The van der Waals surface area contributed by atoms with E-state index in [-0.39, 0.29) is 35.6 Å². The number of sulfone groups is 1. The number of rotatable bonds is 6. The van der Waals surface area contributed by atoms with Crippen molar-refractivity contribution in [3.8, 4) is 0 Å². The number of hydrogen-bond acceptors (Lipinski definition) is 5. The highest BCUT2D eigenvalue weighted by atomic mass is 32.2. The molecular formula is C14H26N2O4S. The van der Waals surface area contributed by atoms with E-state index in [0.29, 0.717) is 25.9 Å². The van der Waals surface area contributed by atoms with Gasteiger partial charge in [-0.05, 0) is 19.3 Å². The Bertz CT molecular complexity index is 466. The van der Waals surface area contributed by atoms with Gasteiger partial charge in [-0.3, -0.25) is 4.79 Å². The van der Waals surface area contributed by atoms with Crippen molar-refractivity contribution < 1.29 is 17.9 Å². The third-order valence-electron chi connectivity index (χ3n) is 4.41. The molecular weight excluding hydrogens is 292 g/mol. The summed E-state index contributed by atoms with van der Waals surface area (Å²) in [6.45, 7) is 3.39. The molecule has 2 fully saturated rings. The minimum Gasteiger partial charge on any atom is -0.380 e. The normalized spacial score (nSPS) is 31.4. The van der Waals surface area contributed by atoms with Crippen LogP contribution in [0.25, 0.3) is 0 Å². The van der Waals surface area contributed by atoms with Crippen LogP contribution in [0.5, 0.6) is 0 Å². The van der Waals surface area contributed by atoms with Crippen molar-refractivity contribution in [2.75, 3.05) is 31.7 Å². The van der Waals surface area contributed by atoms with Crippen LogP contribution in [0.15, 0.2) is 0 Å². The predicted molar refractivity (Wildman–Crippen MR) is 80.9 cm³/mol. The molecule has 3 unspecified atom stereocenters. The van der Waals surface area contributed by atoms with Gasteiger partial charge in [-0.15, -0.1) is 0 Å². The smallest absolute Gasteiger partial charge is 0.240 e. The number of carbonyl (C=O) groups excluding carboxylic acids is 1. The van der Waals surface area contributed by atoms with Crippen molar-refractivity contribution in [2.24, 2.45) is 0 Å². The van der Waals surface area contributed by atoms with Crippen molar-refractivity contribution in [3.05, 3.63) is 0 Å². The van der Waals surface area contributed by atoms with Crippen LogP contribution in [-0.2, 0) is 19.4 Å². The van der Waals surface area contributed by atoms with Gasteiger partial charge >= 0.3 is 0 Å². The Morgan fingerprint density at radius 2 is 2.19 bits per heavy atom. The Morgan fingerprint density at radius 3 is 2.71 bits per heavy atom. The third kappa shape index (κ3) is 4.17. The molecule has 0 aliphatic carbocycles. The largest absolute Gasteiger partial charge is 0.380 e. The summed E-state index contributed by atoms with van der Waals surface area (Å²) >= 11 is 0. The van der Waals surface area contributed by atoms with E-state index in [1.807, 2.05) is 0 Å². The second-order valence-electron chi connectivity index (χ2n) is 6.00. The number of amides is 1. The van der Waals surface area contributed by atoms with E-state index in [2.05, 4.69) is 12.2 Å². The van der Waals surface area contributed by atoms with Crippen molar-refractivity contribution in [1.29, 1.82) is 0 Å². The monoisotopic (exact) mass is 318 g/mol. The summed E-state index contributed by atoms with van der Waals surface area (Å²) in [5, 5.41) is 3.19. The Labute approximate surface area is 127 Å². The summed E-state index contributed by atoms with van der Waals surface area (Å²) in [6.07, 6.45) is 3.19. The molecule has 0 bridgehead atoms. The predicted octanol–water partition coefficient (Wildman–Crippen LogP) is 0.179. The summed E-state index contributed by atoms with van der Waals surface area (Å²) in [7, 11) is -1.33. The molecule has 0 radical (unpaired) electrons. The van der Waals surface area contributed by atoms with Gasteiger partial charge in [0.05, 0.1) is 23.7 Å². The van der Waals surface area contributed by atoms with Crippen LogP contribution in [0.4, 0.5) is 0 Å². The van der Waals surface area contributed by atoms with Gasteiger partial charge in [0.2, 0.25) is 5.91 Å². The number of ether oxygens (including phenoxy) is 1. The highest BCUT2D eigenvalue weighted by molar-refractivity contribution is 7.91. The molecule has 7 heteroatoms. The number of unbranched alkanes of at least 4 members (excludes halogenated alkanes) is 1. The summed E-state index contributed by atoms with van der Waals surface area (Å²) in [5.74, 6) is 0.347. The first kappa shape index (κ1) is 16.7. The first-order valence-corrected chi connectivity index (χ1v) is 9.56. The van der Waals surface area contributed by atoms with E-state index >= 15 is 0 Å². The van der Waals surface area contributed by atoms with E-state index in [0.717, 1.165) is 12.8 Å². The summed E-state index contributed by atoms with van der Waals surface area (Å²) in [4.78, 5) is 14.5. The molecule has 2 aliphatic heterocycles. The molecule has 2 rings (SSSR count). The van der Waals surface area contributed by atoms with Crippen LogP contribution in [-0.4, -0.2) is 69.1 Å². The molecule has 2 heterocycles. The standard InChI is InChI=1S/C14H26N2O4S/c1-3-4-6-16(11-5-7-21(18,19)10-11)14(17)13-8-12(20-2)9-15-13/h11-13,15H,3-10H2,1-2H3. The maximum Gasteiger partial charge on any atom is 0.240 e. The van der Waals surface area contributed by atoms with Gasteiger partial charge < -0.3 is 15.0 Å². The topological polar surface area (TPSA) is 75.7 Å². The first-order chi connectivity index (χ1) is 9.96. The molecule has 2 aliphatic rings. The van der Waals surface area contributed by atoms with E-state index in [1.165, 1.54) is 0 Å². The van der Waals surface area contributed by atoms with Crippen LogP contribution in [0, 0.1) is 0 Å².